The highest BCUT2D eigenvalue weighted by atomic mass is 32.2. The Morgan fingerprint density at radius 3 is 2.23 bits per heavy atom. The summed E-state index contributed by atoms with van der Waals surface area (Å²) in [5.41, 5.74) is 6.13. The summed E-state index contributed by atoms with van der Waals surface area (Å²) in [6.07, 6.45) is 0. The lowest BCUT2D eigenvalue weighted by Gasteiger charge is -2.05. The molecule has 1 aromatic rings. The third-order valence-electron chi connectivity index (χ3n) is 1.54. The summed E-state index contributed by atoms with van der Waals surface area (Å²) >= 11 is 1.81. The molecule has 13 heavy (non-hydrogen) atoms. The summed E-state index contributed by atoms with van der Waals surface area (Å²) in [6, 6.07) is 7.77. The van der Waals surface area contributed by atoms with E-state index in [2.05, 4.69) is 13.8 Å². The SMILES string of the molecule is CC(C)Sc1ccc(C(=N)N)cc1. The molecule has 0 amide bonds. The van der Waals surface area contributed by atoms with Crippen molar-refractivity contribution in [1.82, 2.24) is 0 Å². The van der Waals surface area contributed by atoms with E-state index in [1.807, 2.05) is 36.0 Å². The van der Waals surface area contributed by atoms with E-state index < -0.39 is 0 Å². The molecule has 0 aliphatic heterocycles. The van der Waals surface area contributed by atoms with Crippen molar-refractivity contribution in [3.63, 3.8) is 0 Å². The highest BCUT2D eigenvalue weighted by Gasteiger charge is 1.99. The number of hydrogen-bond acceptors (Lipinski definition) is 2. The summed E-state index contributed by atoms with van der Waals surface area (Å²) in [5.74, 6) is 0.126. The first kappa shape index (κ1) is 10.1. The van der Waals surface area contributed by atoms with Crippen LogP contribution in [0.15, 0.2) is 29.2 Å². The molecule has 0 aliphatic rings. The van der Waals surface area contributed by atoms with Crippen LogP contribution in [0.3, 0.4) is 0 Å². The van der Waals surface area contributed by atoms with Crippen LogP contribution in [-0.2, 0) is 0 Å². The van der Waals surface area contributed by atoms with E-state index in [0.29, 0.717) is 5.25 Å². The third kappa shape index (κ3) is 3.11. The van der Waals surface area contributed by atoms with Crippen LogP contribution in [0, 0.1) is 5.41 Å². The molecule has 0 heterocycles. The van der Waals surface area contributed by atoms with E-state index >= 15 is 0 Å². The van der Waals surface area contributed by atoms with E-state index in [-0.39, 0.29) is 5.84 Å². The number of rotatable bonds is 3. The predicted octanol–water partition coefficient (Wildman–Crippen LogP) is 2.47. The van der Waals surface area contributed by atoms with Gasteiger partial charge in [-0.2, -0.15) is 0 Å². The van der Waals surface area contributed by atoms with Crippen molar-refractivity contribution in [3.05, 3.63) is 29.8 Å². The molecule has 1 rings (SSSR count). The van der Waals surface area contributed by atoms with Gasteiger partial charge in [-0.1, -0.05) is 26.0 Å². The van der Waals surface area contributed by atoms with Gasteiger partial charge in [0.05, 0.1) is 0 Å². The summed E-state index contributed by atoms with van der Waals surface area (Å²) in [7, 11) is 0. The Bertz CT molecular complexity index is 290. The fourth-order valence-corrected chi connectivity index (χ4v) is 1.82. The van der Waals surface area contributed by atoms with Gasteiger partial charge in [0.2, 0.25) is 0 Å². The Balaban J connectivity index is 2.75. The first-order chi connectivity index (χ1) is 6.09. The third-order valence-corrected chi connectivity index (χ3v) is 2.55. The van der Waals surface area contributed by atoms with Crippen LogP contribution >= 0.6 is 11.8 Å². The van der Waals surface area contributed by atoms with Crippen molar-refractivity contribution >= 4 is 17.6 Å². The van der Waals surface area contributed by atoms with E-state index in [4.69, 9.17) is 11.1 Å². The van der Waals surface area contributed by atoms with Crippen LogP contribution in [0.4, 0.5) is 0 Å². The molecule has 0 unspecified atom stereocenters. The van der Waals surface area contributed by atoms with Crippen molar-refractivity contribution in [1.29, 1.82) is 5.41 Å². The van der Waals surface area contributed by atoms with Crippen LogP contribution in [-0.4, -0.2) is 11.1 Å². The van der Waals surface area contributed by atoms with Crippen molar-refractivity contribution in [2.24, 2.45) is 5.73 Å². The second kappa shape index (κ2) is 4.33. The fraction of sp³-hybridized carbons (Fsp3) is 0.300. The van der Waals surface area contributed by atoms with Crippen LogP contribution < -0.4 is 5.73 Å². The molecule has 3 heteroatoms. The van der Waals surface area contributed by atoms with Crippen LogP contribution in [0.1, 0.15) is 19.4 Å². The number of benzene rings is 1. The van der Waals surface area contributed by atoms with E-state index in [9.17, 15) is 0 Å². The Labute approximate surface area is 83.0 Å². The normalized spacial score (nSPS) is 10.4. The highest BCUT2D eigenvalue weighted by molar-refractivity contribution is 7.99. The molecular formula is C10H14N2S. The molecule has 0 saturated carbocycles. The van der Waals surface area contributed by atoms with Gasteiger partial charge in [-0.15, -0.1) is 11.8 Å². The zero-order chi connectivity index (χ0) is 9.84. The van der Waals surface area contributed by atoms with Gasteiger partial charge in [0.25, 0.3) is 0 Å². The van der Waals surface area contributed by atoms with E-state index in [1.165, 1.54) is 4.90 Å². The number of nitrogens with one attached hydrogen (secondary N) is 1. The molecule has 2 nitrogen and oxygen atoms in total. The van der Waals surface area contributed by atoms with Gasteiger partial charge < -0.3 is 5.73 Å². The van der Waals surface area contributed by atoms with Gasteiger partial charge >= 0.3 is 0 Å². The van der Waals surface area contributed by atoms with Crippen LogP contribution in [0.25, 0.3) is 0 Å². The number of thioether (sulfide) groups is 1. The molecule has 0 bridgehead atoms. The van der Waals surface area contributed by atoms with Gasteiger partial charge in [-0.3, -0.25) is 5.41 Å². The summed E-state index contributed by atoms with van der Waals surface area (Å²) in [6.45, 7) is 4.31. The molecule has 0 atom stereocenters. The molecule has 70 valence electrons. The summed E-state index contributed by atoms with van der Waals surface area (Å²) < 4.78 is 0. The van der Waals surface area contributed by atoms with E-state index in [1.54, 1.807) is 0 Å². The first-order valence-electron chi connectivity index (χ1n) is 4.20. The number of nitrogen functional groups attached to an aromatic ring is 1. The average Bonchev–Trinajstić information content (AvgIpc) is 2.04. The average molecular weight is 194 g/mol. The maximum Gasteiger partial charge on any atom is 0.122 e. The lowest BCUT2D eigenvalue weighted by molar-refractivity contribution is 1.11. The minimum Gasteiger partial charge on any atom is -0.384 e. The predicted molar refractivity (Wildman–Crippen MR) is 58.5 cm³/mol. The van der Waals surface area contributed by atoms with Gasteiger partial charge in [-0.25, -0.2) is 0 Å². The molecule has 1 aromatic carbocycles. The van der Waals surface area contributed by atoms with Crippen molar-refractivity contribution in [2.75, 3.05) is 0 Å². The van der Waals surface area contributed by atoms with Crippen LogP contribution in [0.5, 0.6) is 0 Å². The lowest BCUT2D eigenvalue weighted by atomic mass is 10.2. The molecular weight excluding hydrogens is 180 g/mol. The molecule has 0 spiro atoms. The molecule has 0 fully saturated rings. The molecule has 0 aromatic heterocycles. The number of hydrogen-bond donors (Lipinski definition) is 2. The monoisotopic (exact) mass is 194 g/mol. The molecule has 0 radical (unpaired) electrons. The van der Waals surface area contributed by atoms with Gasteiger partial charge in [-0.05, 0) is 12.1 Å². The first-order valence-corrected chi connectivity index (χ1v) is 5.08. The minimum atomic E-state index is 0.126. The second-order valence-corrected chi connectivity index (χ2v) is 4.75. The lowest BCUT2D eigenvalue weighted by Crippen LogP contribution is -2.10. The Hall–Kier alpha value is -0.960. The molecule has 0 aliphatic carbocycles. The zero-order valence-corrected chi connectivity index (χ0v) is 8.69. The maximum absolute atomic E-state index is 7.22. The molecule has 3 N–H and O–H groups in total. The van der Waals surface area contributed by atoms with Crippen molar-refractivity contribution in [3.8, 4) is 0 Å². The highest BCUT2D eigenvalue weighted by Crippen LogP contribution is 2.22. The summed E-state index contributed by atoms with van der Waals surface area (Å²) in [5, 5.41) is 7.80. The standard InChI is InChI=1S/C10H14N2S/c1-7(2)13-9-5-3-8(4-6-9)10(11)12/h3-7H,1-2H3,(H3,11,12). The minimum absolute atomic E-state index is 0.126. The number of amidine groups is 1. The second-order valence-electron chi connectivity index (χ2n) is 3.10. The van der Waals surface area contributed by atoms with Crippen molar-refractivity contribution < 1.29 is 0 Å². The van der Waals surface area contributed by atoms with Crippen LogP contribution in [0.2, 0.25) is 0 Å². The topological polar surface area (TPSA) is 49.9 Å². The van der Waals surface area contributed by atoms with Gasteiger partial charge in [0, 0.05) is 15.7 Å². The Morgan fingerprint density at radius 1 is 1.31 bits per heavy atom. The summed E-state index contributed by atoms with van der Waals surface area (Å²) in [4.78, 5) is 1.22. The van der Waals surface area contributed by atoms with Crippen molar-refractivity contribution in [2.45, 2.75) is 24.0 Å². The van der Waals surface area contributed by atoms with E-state index in [0.717, 1.165) is 5.56 Å². The number of nitrogens with two attached hydrogens (primary N) is 1. The molecule has 0 saturated heterocycles. The largest absolute Gasteiger partial charge is 0.384 e. The Kier molecular flexibility index (Phi) is 3.37. The van der Waals surface area contributed by atoms with Gasteiger partial charge in [0.1, 0.15) is 5.84 Å². The maximum atomic E-state index is 7.22. The van der Waals surface area contributed by atoms with Gasteiger partial charge in [0.15, 0.2) is 0 Å². The quantitative estimate of drug-likeness (QED) is 0.441. The zero-order valence-electron chi connectivity index (χ0n) is 7.87. The Morgan fingerprint density at radius 2 is 1.85 bits per heavy atom. The smallest absolute Gasteiger partial charge is 0.122 e. The fourth-order valence-electron chi connectivity index (χ4n) is 0.985.